The molecule has 1 saturated carbocycles. The second-order valence-corrected chi connectivity index (χ2v) is 6.98. The lowest BCUT2D eigenvalue weighted by molar-refractivity contribution is 0.0766. The summed E-state index contributed by atoms with van der Waals surface area (Å²) in [5, 5.41) is 13.8. The van der Waals surface area contributed by atoms with E-state index in [1.807, 2.05) is 0 Å². The molecule has 3 heteroatoms. The Kier molecular flexibility index (Phi) is 5.88. The zero-order chi connectivity index (χ0) is 15.2. The highest BCUT2D eigenvalue weighted by molar-refractivity contribution is 5.14. The quantitative estimate of drug-likeness (QED) is 0.877. The monoisotopic (exact) mass is 302 g/mol. The van der Waals surface area contributed by atoms with Crippen molar-refractivity contribution in [1.82, 2.24) is 10.2 Å². The van der Waals surface area contributed by atoms with Crippen molar-refractivity contribution in [2.24, 2.45) is 0 Å². The van der Waals surface area contributed by atoms with Crippen molar-refractivity contribution < 1.29 is 5.11 Å². The largest absolute Gasteiger partial charge is 0.392 e. The smallest absolute Gasteiger partial charge is 0.0693 e. The van der Waals surface area contributed by atoms with Gasteiger partial charge in [-0.15, -0.1) is 0 Å². The van der Waals surface area contributed by atoms with Crippen LogP contribution in [0.4, 0.5) is 0 Å². The van der Waals surface area contributed by atoms with Crippen molar-refractivity contribution in [3.8, 4) is 0 Å². The van der Waals surface area contributed by atoms with Gasteiger partial charge in [-0.05, 0) is 50.8 Å². The molecule has 2 fully saturated rings. The molecule has 2 aliphatic rings. The molecule has 1 aromatic carbocycles. The van der Waals surface area contributed by atoms with Gasteiger partial charge >= 0.3 is 0 Å². The molecule has 0 bridgehead atoms. The molecule has 0 radical (unpaired) electrons. The van der Waals surface area contributed by atoms with Crippen LogP contribution in [-0.4, -0.2) is 47.8 Å². The Hall–Kier alpha value is -0.900. The number of hydrogen-bond donors (Lipinski definition) is 2. The number of hydrogen-bond acceptors (Lipinski definition) is 3. The maximum atomic E-state index is 10.1. The van der Waals surface area contributed by atoms with Crippen LogP contribution < -0.4 is 5.32 Å². The zero-order valence-electron chi connectivity index (χ0n) is 13.6. The average molecular weight is 302 g/mol. The molecule has 1 aliphatic heterocycles. The minimum Gasteiger partial charge on any atom is -0.392 e. The van der Waals surface area contributed by atoms with Gasteiger partial charge in [-0.3, -0.25) is 0 Å². The molecule has 2 atom stereocenters. The number of nitrogens with one attached hydrogen (secondary N) is 1. The van der Waals surface area contributed by atoms with Crippen molar-refractivity contribution in [2.45, 2.75) is 63.1 Å². The van der Waals surface area contributed by atoms with E-state index in [1.165, 1.54) is 50.9 Å². The van der Waals surface area contributed by atoms with Crippen LogP contribution in [-0.2, 0) is 6.42 Å². The first-order valence-corrected chi connectivity index (χ1v) is 9.01. The van der Waals surface area contributed by atoms with Crippen LogP contribution in [0, 0.1) is 0 Å². The second-order valence-electron chi connectivity index (χ2n) is 6.98. The third kappa shape index (κ3) is 4.55. The van der Waals surface area contributed by atoms with Crippen molar-refractivity contribution in [2.75, 3.05) is 19.6 Å². The summed E-state index contributed by atoms with van der Waals surface area (Å²) in [5.74, 6) is 0. The number of nitrogens with zero attached hydrogens (tertiary/aromatic N) is 1. The fourth-order valence-corrected chi connectivity index (χ4v) is 3.86. The normalized spacial score (nSPS) is 27.9. The van der Waals surface area contributed by atoms with Gasteiger partial charge in [-0.2, -0.15) is 0 Å². The maximum Gasteiger partial charge on any atom is 0.0693 e. The molecule has 1 aliphatic carbocycles. The number of benzene rings is 1. The van der Waals surface area contributed by atoms with Crippen molar-refractivity contribution in [3.05, 3.63) is 35.9 Å². The minimum absolute atomic E-state index is 0.120. The molecule has 0 amide bonds. The van der Waals surface area contributed by atoms with Crippen molar-refractivity contribution in [3.63, 3.8) is 0 Å². The molecule has 1 heterocycles. The molecule has 1 aromatic rings. The van der Waals surface area contributed by atoms with E-state index >= 15 is 0 Å². The predicted molar refractivity (Wildman–Crippen MR) is 91.0 cm³/mol. The molecule has 3 rings (SSSR count). The van der Waals surface area contributed by atoms with E-state index < -0.39 is 0 Å². The Morgan fingerprint density at radius 3 is 2.45 bits per heavy atom. The van der Waals surface area contributed by atoms with Crippen LogP contribution in [0.15, 0.2) is 30.3 Å². The molecule has 0 unspecified atom stereocenters. The van der Waals surface area contributed by atoms with Gasteiger partial charge in [0.15, 0.2) is 0 Å². The highest BCUT2D eigenvalue weighted by Crippen LogP contribution is 2.21. The Labute approximate surface area is 134 Å². The van der Waals surface area contributed by atoms with Gasteiger partial charge in [-0.1, -0.05) is 43.2 Å². The van der Waals surface area contributed by atoms with E-state index in [0.29, 0.717) is 12.1 Å². The summed E-state index contributed by atoms with van der Waals surface area (Å²) in [5.41, 5.74) is 1.44. The van der Waals surface area contributed by atoms with Gasteiger partial charge in [-0.25, -0.2) is 0 Å². The molecule has 3 nitrogen and oxygen atoms in total. The molecule has 1 saturated heterocycles. The summed E-state index contributed by atoms with van der Waals surface area (Å²) in [6.07, 6.45) is 8.06. The summed E-state index contributed by atoms with van der Waals surface area (Å²) in [4.78, 5) is 2.59. The van der Waals surface area contributed by atoms with Gasteiger partial charge in [0.1, 0.15) is 0 Å². The molecule has 122 valence electrons. The van der Waals surface area contributed by atoms with Crippen LogP contribution in [0.2, 0.25) is 0 Å². The van der Waals surface area contributed by atoms with Crippen LogP contribution in [0.3, 0.4) is 0 Å². The van der Waals surface area contributed by atoms with Crippen molar-refractivity contribution in [1.29, 1.82) is 0 Å². The van der Waals surface area contributed by atoms with E-state index in [4.69, 9.17) is 0 Å². The number of piperidine rings is 1. The van der Waals surface area contributed by atoms with Gasteiger partial charge in [0, 0.05) is 18.6 Å². The minimum atomic E-state index is -0.120. The standard InChI is InChI=1S/C19H30N2O/c22-19-9-5-4-8-18(19)20-17-11-14-21(15-12-17)13-10-16-6-2-1-3-7-16/h1-3,6-7,17-20,22H,4-5,8-15H2/t18-,19-/m0/s1. The number of likely N-dealkylation sites (tertiary alicyclic amines) is 1. The van der Waals surface area contributed by atoms with Crippen LogP contribution in [0.25, 0.3) is 0 Å². The third-order valence-corrected chi connectivity index (χ3v) is 5.33. The number of aliphatic hydroxyl groups excluding tert-OH is 1. The maximum absolute atomic E-state index is 10.1. The first-order chi connectivity index (χ1) is 10.8. The first-order valence-electron chi connectivity index (χ1n) is 9.01. The Morgan fingerprint density at radius 1 is 1.00 bits per heavy atom. The summed E-state index contributed by atoms with van der Waals surface area (Å²) < 4.78 is 0. The fraction of sp³-hybridized carbons (Fsp3) is 0.684. The Balaban J connectivity index is 1.37. The highest BCUT2D eigenvalue weighted by atomic mass is 16.3. The molecular formula is C19H30N2O. The molecule has 22 heavy (non-hydrogen) atoms. The lowest BCUT2D eigenvalue weighted by atomic mass is 9.91. The predicted octanol–water partition coefficient (Wildman–Crippen LogP) is 2.59. The van der Waals surface area contributed by atoms with E-state index in [0.717, 1.165) is 19.3 Å². The van der Waals surface area contributed by atoms with Crippen molar-refractivity contribution >= 4 is 0 Å². The van der Waals surface area contributed by atoms with E-state index in [-0.39, 0.29) is 6.10 Å². The summed E-state index contributed by atoms with van der Waals surface area (Å²) in [6, 6.07) is 11.7. The number of rotatable bonds is 5. The van der Waals surface area contributed by atoms with Gasteiger partial charge in [0.2, 0.25) is 0 Å². The topological polar surface area (TPSA) is 35.5 Å². The molecule has 0 spiro atoms. The zero-order valence-corrected chi connectivity index (χ0v) is 13.6. The fourth-order valence-electron chi connectivity index (χ4n) is 3.86. The average Bonchev–Trinajstić information content (AvgIpc) is 2.57. The number of aliphatic hydroxyl groups is 1. The molecule has 2 N–H and O–H groups in total. The third-order valence-electron chi connectivity index (χ3n) is 5.33. The SMILES string of the molecule is O[C@H]1CCCC[C@@H]1NC1CCN(CCc2ccccc2)CC1. The van der Waals surface area contributed by atoms with Gasteiger partial charge in [0.25, 0.3) is 0 Å². The van der Waals surface area contributed by atoms with E-state index in [2.05, 4.69) is 40.5 Å². The lowest BCUT2D eigenvalue weighted by Crippen LogP contribution is -2.51. The Morgan fingerprint density at radius 2 is 1.73 bits per heavy atom. The molecule has 0 aromatic heterocycles. The second kappa shape index (κ2) is 8.09. The molecular weight excluding hydrogens is 272 g/mol. The Bertz CT molecular complexity index is 428. The summed E-state index contributed by atoms with van der Waals surface area (Å²) >= 11 is 0. The summed E-state index contributed by atoms with van der Waals surface area (Å²) in [6.45, 7) is 3.55. The van der Waals surface area contributed by atoms with Crippen LogP contribution >= 0.6 is 0 Å². The highest BCUT2D eigenvalue weighted by Gasteiger charge is 2.27. The van der Waals surface area contributed by atoms with Gasteiger partial charge in [0.05, 0.1) is 6.10 Å². The first kappa shape index (κ1) is 16.0. The lowest BCUT2D eigenvalue weighted by Gasteiger charge is -2.37. The van der Waals surface area contributed by atoms with E-state index in [9.17, 15) is 5.11 Å². The summed E-state index contributed by atoms with van der Waals surface area (Å²) in [7, 11) is 0. The van der Waals surface area contributed by atoms with Crippen LogP contribution in [0.5, 0.6) is 0 Å². The van der Waals surface area contributed by atoms with Crippen LogP contribution in [0.1, 0.15) is 44.1 Å². The van der Waals surface area contributed by atoms with Gasteiger partial charge < -0.3 is 15.3 Å². The van der Waals surface area contributed by atoms with E-state index in [1.54, 1.807) is 0 Å².